The zero-order valence-electron chi connectivity index (χ0n) is 19.7. The van der Waals surface area contributed by atoms with E-state index in [1.807, 2.05) is 25.2 Å². The van der Waals surface area contributed by atoms with Gasteiger partial charge < -0.3 is 10.1 Å². The molecule has 1 aliphatic rings. The van der Waals surface area contributed by atoms with Gasteiger partial charge in [0.05, 0.1) is 10.6 Å². The summed E-state index contributed by atoms with van der Waals surface area (Å²) in [6, 6.07) is 15.7. The smallest absolute Gasteiger partial charge is 0.264 e. The van der Waals surface area contributed by atoms with Gasteiger partial charge >= 0.3 is 0 Å². The van der Waals surface area contributed by atoms with E-state index in [-0.39, 0.29) is 22.4 Å². The summed E-state index contributed by atoms with van der Waals surface area (Å²) in [5, 5.41) is 3.28. The summed E-state index contributed by atoms with van der Waals surface area (Å²) in [5.41, 5.74) is 2.92. The van der Waals surface area contributed by atoms with Crippen LogP contribution < -0.4 is 14.8 Å². The highest BCUT2D eigenvalue weighted by Crippen LogP contribution is 2.28. The number of fused-ring (bicyclic) bond motifs is 4. The summed E-state index contributed by atoms with van der Waals surface area (Å²) >= 11 is 0. The lowest BCUT2D eigenvalue weighted by atomic mass is 9.98. The van der Waals surface area contributed by atoms with E-state index in [0.717, 1.165) is 43.2 Å². The highest BCUT2D eigenvalue weighted by Gasteiger charge is 2.19. The van der Waals surface area contributed by atoms with Crippen LogP contribution in [0.2, 0.25) is 0 Å². The zero-order chi connectivity index (χ0) is 24.7. The third-order valence-corrected chi connectivity index (χ3v) is 7.44. The van der Waals surface area contributed by atoms with Crippen LogP contribution in [-0.4, -0.2) is 44.4 Å². The Morgan fingerprint density at radius 3 is 2.66 bits per heavy atom. The van der Waals surface area contributed by atoms with E-state index in [9.17, 15) is 13.2 Å². The normalized spacial score (nSPS) is 16.9. The minimum Gasteiger partial charge on any atom is -0.476 e. The van der Waals surface area contributed by atoms with E-state index in [2.05, 4.69) is 26.1 Å². The van der Waals surface area contributed by atoms with E-state index in [1.165, 1.54) is 24.6 Å². The fraction of sp³-hybridized carbons (Fsp3) is 0.346. The topological polar surface area (TPSA) is 110 Å². The molecule has 1 aliphatic heterocycles. The van der Waals surface area contributed by atoms with Gasteiger partial charge in [-0.1, -0.05) is 55.7 Å². The van der Waals surface area contributed by atoms with E-state index in [1.54, 1.807) is 12.1 Å². The number of rotatable bonds is 5. The predicted molar refractivity (Wildman–Crippen MR) is 135 cm³/mol. The number of ether oxygens (including phenoxy) is 1. The second-order valence-corrected chi connectivity index (χ2v) is 10.3. The molecule has 2 heterocycles. The van der Waals surface area contributed by atoms with Crippen molar-refractivity contribution in [2.24, 2.45) is 0 Å². The van der Waals surface area contributed by atoms with Crippen molar-refractivity contribution in [3.63, 3.8) is 0 Å². The molecule has 1 aromatic heterocycles. The summed E-state index contributed by atoms with van der Waals surface area (Å²) in [4.78, 5) is 20.0. The maximum absolute atomic E-state index is 13.0. The van der Waals surface area contributed by atoms with E-state index in [4.69, 9.17) is 4.74 Å². The van der Waals surface area contributed by atoms with Gasteiger partial charge in [0.25, 0.3) is 10.0 Å². The summed E-state index contributed by atoms with van der Waals surface area (Å²) in [6.07, 6.45) is 6.98. The number of benzene rings is 2. The Hall–Kier alpha value is -3.30. The lowest BCUT2D eigenvalue weighted by Gasteiger charge is -2.18. The van der Waals surface area contributed by atoms with E-state index in [0.29, 0.717) is 24.5 Å². The molecule has 2 N–H and O–H groups in total. The third-order valence-electron chi connectivity index (χ3n) is 6.12. The van der Waals surface area contributed by atoms with Gasteiger partial charge in [-0.05, 0) is 44.0 Å². The lowest BCUT2D eigenvalue weighted by Crippen LogP contribution is -2.31. The Morgan fingerprint density at radius 1 is 1.00 bits per heavy atom. The SMILES string of the molecule is CN[C@@H]1CCCCCCc2ccccc2-c2cc(nc(NS(=O)(=O)c3cccc(C=O)c3)n2)OC1. The van der Waals surface area contributed by atoms with Gasteiger partial charge in [-0.3, -0.25) is 4.79 Å². The van der Waals surface area contributed by atoms with Crippen molar-refractivity contribution in [1.29, 1.82) is 0 Å². The molecule has 0 saturated heterocycles. The summed E-state index contributed by atoms with van der Waals surface area (Å²) in [6.45, 7) is 0.405. The Labute approximate surface area is 206 Å². The molecule has 0 amide bonds. The van der Waals surface area contributed by atoms with Gasteiger partial charge in [0, 0.05) is 23.2 Å². The third kappa shape index (κ3) is 6.43. The van der Waals surface area contributed by atoms with E-state index < -0.39 is 10.0 Å². The fourth-order valence-corrected chi connectivity index (χ4v) is 5.16. The Morgan fingerprint density at radius 2 is 1.83 bits per heavy atom. The predicted octanol–water partition coefficient (Wildman–Crippen LogP) is 4.23. The first-order valence-corrected chi connectivity index (χ1v) is 13.3. The molecule has 1 atom stereocenters. The van der Waals surface area contributed by atoms with Crippen LogP contribution in [0.4, 0.5) is 5.95 Å². The second-order valence-electron chi connectivity index (χ2n) is 8.62. The number of carbonyl (C=O) groups is 1. The number of nitrogens with zero attached hydrogens (tertiary/aromatic N) is 2. The van der Waals surface area contributed by atoms with Crippen LogP contribution >= 0.6 is 0 Å². The number of aldehydes is 1. The first kappa shape index (κ1) is 24.8. The molecule has 2 aromatic carbocycles. The summed E-state index contributed by atoms with van der Waals surface area (Å²) < 4.78 is 34.6. The molecule has 0 radical (unpaired) electrons. The number of nitrogens with one attached hydrogen (secondary N) is 2. The lowest BCUT2D eigenvalue weighted by molar-refractivity contribution is 0.112. The van der Waals surface area contributed by atoms with Crippen molar-refractivity contribution in [2.45, 2.75) is 49.5 Å². The molecular weight excluding hydrogens is 464 g/mol. The molecular formula is C26H30N4O4S. The highest BCUT2D eigenvalue weighted by molar-refractivity contribution is 7.92. The maximum atomic E-state index is 13.0. The molecule has 3 aromatic rings. The standard InChI is InChI=1S/C26H30N4O4S/c1-27-21-12-5-3-2-4-10-20-11-6-7-14-23(20)24-16-25(34-18-21)29-26(28-24)30-35(32,33)22-13-8-9-19(15-22)17-31/h6-9,11,13-17,21,27H,2-5,10,12,18H2,1H3,(H,28,29,30)/t21-/m1/s1. The summed E-state index contributed by atoms with van der Waals surface area (Å²) in [7, 11) is -2.11. The number of likely N-dealkylation sites (N-methyl/N-ethyl adjacent to an activating group) is 1. The fourth-order valence-electron chi connectivity index (χ4n) is 4.16. The van der Waals surface area contributed by atoms with Crippen LogP contribution in [0.25, 0.3) is 11.3 Å². The Balaban J connectivity index is 1.73. The molecule has 9 heteroatoms. The van der Waals surface area contributed by atoms with Crippen molar-refractivity contribution in [3.05, 3.63) is 65.7 Å². The molecule has 0 aliphatic carbocycles. The first-order chi connectivity index (χ1) is 17.0. The average Bonchev–Trinajstić information content (AvgIpc) is 2.87. The Bertz CT molecular complexity index is 1280. The van der Waals surface area contributed by atoms with Crippen LogP contribution in [0, 0.1) is 0 Å². The minimum atomic E-state index is -4.02. The van der Waals surface area contributed by atoms with Crippen LogP contribution in [0.3, 0.4) is 0 Å². The van der Waals surface area contributed by atoms with Gasteiger partial charge in [0.1, 0.15) is 12.9 Å². The zero-order valence-corrected chi connectivity index (χ0v) is 20.6. The number of hydrogen-bond acceptors (Lipinski definition) is 7. The van der Waals surface area contributed by atoms with Crippen molar-refractivity contribution < 1.29 is 17.9 Å². The first-order valence-electron chi connectivity index (χ1n) is 11.8. The van der Waals surface area contributed by atoms with Gasteiger partial charge in [-0.2, -0.15) is 4.98 Å². The number of hydrogen-bond donors (Lipinski definition) is 2. The van der Waals surface area contributed by atoms with Gasteiger partial charge in [0.2, 0.25) is 11.8 Å². The molecule has 0 fully saturated rings. The average molecular weight is 495 g/mol. The number of anilines is 1. The Kier molecular flexibility index (Phi) is 8.09. The maximum Gasteiger partial charge on any atom is 0.264 e. The second kappa shape index (κ2) is 11.4. The number of sulfonamides is 1. The highest BCUT2D eigenvalue weighted by atomic mass is 32.2. The molecule has 184 valence electrons. The minimum absolute atomic E-state index is 0.0450. The van der Waals surface area contributed by atoms with Crippen LogP contribution in [0.1, 0.15) is 48.0 Å². The molecule has 2 bridgehead atoms. The largest absolute Gasteiger partial charge is 0.476 e. The van der Waals surface area contributed by atoms with Crippen molar-refractivity contribution in [1.82, 2.24) is 15.3 Å². The van der Waals surface area contributed by atoms with Gasteiger partial charge in [0.15, 0.2) is 0 Å². The van der Waals surface area contributed by atoms with Crippen molar-refractivity contribution in [3.8, 4) is 17.1 Å². The van der Waals surface area contributed by atoms with Crippen LogP contribution in [0.15, 0.2) is 59.5 Å². The monoisotopic (exact) mass is 494 g/mol. The van der Waals surface area contributed by atoms with Gasteiger partial charge in [-0.15, -0.1) is 0 Å². The molecule has 35 heavy (non-hydrogen) atoms. The molecule has 0 spiro atoms. The summed E-state index contributed by atoms with van der Waals surface area (Å²) in [5.74, 6) is 0.207. The quantitative estimate of drug-likeness (QED) is 0.511. The van der Waals surface area contributed by atoms with Gasteiger partial charge in [-0.25, -0.2) is 18.1 Å². The van der Waals surface area contributed by atoms with Crippen molar-refractivity contribution >= 4 is 22.3 Å². The van der Waals surface area contributed by atoms with E-state index >= 15 is 0 Å². The molecule has 0 saturated carbocycles. The van der Waals surface area contributed by atoms with Crippen molar-refractivity contribution in [2.75, 3.05) is 18.4 Å². The number of carbonyl (C=O) groups excluding carboxylic acids is 1. The molecule has 0 unspecified atom stereocenters. The number of aromatic nitrogens is 2. The molecule has 8 nitrogen and oxygen atoms in total. The molecule has 4 rings (SSSR count). The van der Waals surface area contributed by atoms with Crippen LogP contribution in [0.5, 0.6) is 5.88 Å². The number of aryl methyl sites for hydroxylation is 1. The van der Waals surface area contributed by atoms with Crippen LogP contribution in [-0.2, 0) is 16.4 Å².